The number of aromatic nitrogens is 2. The van der Waals surface area contributed by atoms with Crippen molar-refractivity contribution in [2.45, 2.75) is 31.9 Å². The van der Waals surface area contributed by atoms with E-state index in [0.29, 0.717) is 17.9 Å². The third kappa shape index (κ3) is 3.18. The molecule has 1 atom stereocenters. The van der Waals surface area contributed by atoms with Crippen molar-refractivity contribution in [3.05, 3.63) is 51.9 Å². The third-order valence-electron chi connectivity index (χ3n) is 3.71. The molecule has 1 amide bonds. The SMILES string of the molecule is CC1(C)CC(NC(=O)c2ccc(=O)[nH]n2)c2cc(N)ccc2O1. The number of anilines is 1. The van der Waals surface area contributed by atoms with Gasteiger partial charge in [0.1, 0.15) is 17.0 Å². The molecule has 23 heavy (non-hydrogen) atoms. The van der Waals surface area contributed by atoms with Gasteiger partial charge >= 0.3 is 0 Å². The van der Waals surface area contributed by atoms with Crippen LogP contribution in [-0.2, 0) is 0 Å². The molecule has 2 aromatic rings. The van der Waals surface area contributed by atoms with Crippen LogP contribution < -0.4 is 21.3 Å². The maximum Gasteiger partial charge on any atom is 0.272 e. The Kier molecular flexibility index (Phi) is 3.55. The van der Waals surface area contributed by atoms with Crippen LogP contribution in [0.1, 0.15) is 42.4 Å². The van der Waals surface area contributed by atoms with Crippen molar-refractivity contribution in [2.75, 3.05) is 5.73 Å². The number of benzene rings is 1. The molecule has 3 rings (SSSR count). The highest BCUT2D eigenvalue weighted by molar-refractivity contribution is 5.92. The summed E-state index contributed by atoms with van der Waals surface area (Å²) in [5, 5.41) is 8.93. The normalized spacial score (nSPS) is 18.6. The maximum absolute atomic E-state index is 12.4. The Balaban J connectivity index is 1.90. The van der Waals surface area contributed by atoms with Crippen LogP contribution in [0.3, 0.4) is 0 Å². The molecular weight excluding hydrogens is 296 g/mol. The van der Waals surface area contributed by atoms with Gasteiger partial charge in [0.15, 0.2) is 0 Å². The zero-order chi connectivity index (χ0) is 16.6. The van der Waals surface area contributed by atoms with Gasteiger partial charge in [0.05, 0.1) is 6.04 Å². The van der Waals surface area contributed by atoms with Gasteiger partial charge in [-0.05, 0) is 38.1 Å². The lowest BCUT2D eigenvalue weighted by molar-refractivity contribution is 0.0618. The summed E-state index contributed by atoms with van der Waals surface area (Å²) in [4.78, 5) is 23.4. The van der Waals surface area contributed by atoms with E-state index in [1.165, 1.54) is 12.1 Å². The van der Waals surface area contributed by atoms with Gasteiger partial charge in [-0.1, -0.05) is 0 Å². The molecule has 0 bridgehead atoms. The standard InChI is InChI=1S/C16H18N4O3/c1-16(2)8-12(10-7-9(17)3-5-13(10)23-16)18-15(22)11-4-6-14(21)20-19-11/h3-7,12H,8,17H2,1-2H3,(H,18,22)(H,20,21). The highest BCUT2D eigenvalue weighted by Gasteiger charge is 2.34. The molecule has 0 fully saturated rings. The first-order valence-corrected chi connectivity index (χ1v) is 7.29. The molecule has 7 nitrogen and oxygen atoms in total. The van der Waals surface area contributed by atoms with Gasteiger partial charge in [-0.3, -0.25) is 9.59 Å². The van der Waals surface area contributed by atoms with Crippen molar-refractivity contribution in [1.82, 2.24) is 15.5 Å². The number of nitrogen functional groups attached to an aromatic ring is 1. The fourth-order valence-corrected chi connectivity index (χ4v) is 2.70. The minimum Gasteiger partial charge on any atom is -0.487 e. The lowest BCUT2D eigenvalue weighted by Gasteiger charge is -2.38. The second-order valence-corrected chi connectivity index (χ2v) is 6.20. The predicted octanol–water partition coefficient (Wildman–Crippen LogP) is 1.38. The summed E-state index contributed by atoms with van der Waals surface area (Å²) >= 11 is 0. The summed E-state index contributed by atoms with van der Waals surface area (Å²) in [5.41, 5.74) is 6.67. The van der Waals surface area contributed by atoms with Crippen molar-refractivity contribution < 1.29 is 9.53 Å². The number of hydrogen-bond acceptors (Lipinski definition) is 5. The topological polar surface area (TPSA) is 110 Å². The number of H-pyrrole nitrogens is 1. The number of nitrogens with one attached hydrogen (secondary N) is 2. The largest absolute Gasteiger partial charge is 0.487 e. The average molecular weight is 314 g/mol. The van der Waals surface area contributed by atoms with Crippen LogP contribution >= 0.6 is 0 Å². The highest BCUT2D eigenvalue weighted by atomic mass is 16.5. The van der Waals surface area contributed by atoms with Gasteiger partial charge < -0.3 is 15.8 Å². The molecule has 7 heteroatoms. The quantitative estimate of drug-likeness (QED) is 0.725. The van der Waals surface area contributed by atoms with E-state index in [0.717, 1.165) is 5.56 Å². The van der Waals surface area contributed by atoms with E-state index in [1.54, 1.807) is 12.1 Å². The summed E-state index contributed by atoms with van der Waals surface area (Å²) in [7, 11) is 0. The number of nitrogens with two attached hydrogens (primary N) is 1. The Labute approximate surface area is 132 Å². The van der Waals surface area contributed by atoms with Crippen molar-refractivity contribution in [1.29, 1.82) is 0 Å². The molecular formula is C16H18N4O3. The van der Waals surface area contributed by atoms with Crippen molar-refractivity contribution in [3.8, 4) is 5.75 Å². The van der Waals surface area contributed by atoms with Gasteiger partial charge in [-0.2, -0.15) is 5.10 Å². The van der Waals surface area contributed by atoms with Crippen LogP contribution in [0, 0.1) is 0 Å². The number of nitrogens with zero attached hydrogens (tertiary/aromatic N) is 1. The molecule has 4 N–H and O–H groups in total. The first-order valence-electron chi connectivity index (χ1n) is 7.29. The summed E-state index contributed by atoms with van der Waals surface area (Å²) in [5.74, 6) is 0.340. The molecule has 0 saturated carbocycles. The number of carbonyl (C=O) groups is 1. The zero-order valence-corrected chi connectivity index (χ0v) is 12.9. The molecule has 1 aliphatic heterocycles. The smallest absolute Gasteiger partial charge is 0.272 e. The Morgan fingerprint density at radius 1 is 1.39 bits per heavy atom. The number of carbonyl (C=O) groups excluding carboxylic acids is 1. The van der Waals surface area contributed by atoms with E-state index in [-0.39, 0.29) is 23.2 Å². The molecule has 0 saturated heterocycles. The molecule has 0 radical (unpaired) electrons. The molecule has 1 aromatic heterocycles. The van der Waals surface area contributed by atoms with Crippen LogP contribution in [0.2, 0.25) is 0 Å². The number of rotatable bonds is 2. The molecule has 0 aliphatic carbocycles. The van der Waals surface area contributed by atoms with E-state index in [1.807, 2.05) is 19.9 Å². The van der Waals surface area contributed by atoms with Gasteiger partial charge in [-0.15, -0.1) is 0 Å². The van der Waals surface area contributed by atoms with E-state index in [9.17, 15) is 9.59 Å². The molecule has 120 valence electrons. The summed E-state index contributed by atoms with van der Waals surface area (Å²) in [6.07, 6.45) is 0.596. The van der Waals surface area contributed by atoms with Crippen molar-refractivity contribution in [3.63, 3.8) is 0 Å². The van der Waals surface area contributed by atoms with Crippen LogP contribution in [0.4, 0.5) is 5.69 Å². The maximum atomic E-state index is 12.4. The van der Waals surface area contributed by atoms with Crippen LogP contribution in [0.15, 0.2) is 35.1 Å². The van der Waals surface area contributed by atoms with Gasteiger partial charge in [0.2, 0.25) is 0 Å². The van der Waals surface area contributed by atoms with Crippen molar-refractivity contribution >= 4 is 11.6 Å². The monoisotopic (exact) mass is 314 g/mol. The summed E-state index contributed by atoms with van der Waals surface area (Å²) < 4.78 is 5.94. The molecule has 2 heterocycles. The minimum absolute atomic E-state index is 0.152. The highest BCUT2D eigenvalue weighted by Crippen LogP contribution is 2.40. The van der Waals surface area contributed by atoms with Gasteiger partial charge in [0.25, 0.3) is 11.5 Å². The van der Waals surface area contributed by atoms with Crippen molar-refractivity contribution in [2.24, 2.45) is 0 Å². The number of fused-ring (bicyclic) bond motifs is 1. The Morgan fingerprint density at radius 2 is 2.17 bits per heavy atom. The van der Waals surface area contributed by atoms with E-state index < -0.39 is 5.60 Å². The average Bonchev–Trinajstić information content (AvgIpc) is 2.48. The molecule has 0 spiro atoms. The third-order valence-corrected chi connectivity index (χ3v) is 3.71. The first-order chi connectivity index (χ1) is 10.8. The second kappa shape index (κ2) is 5.42. The summed E-state index contributed by atoms with van der Waals surface area (Å²) in [6, 6.07) is 7.78. The predicted molar refractivity (Wildman–Crippen MR) is 85.2 cm³/mol. The fraction of sp³-hybridized carbons (Fsp3) is 0.312. The number of hydrogen-bond donors (Lipinski definition) is 3. The zero-order valence-electron chi connectivity index (χ0n) is 12.9. The van der Waals surface area contributed by atoms with Gasteiger partial charge in [-0.25, -0.2) is 5.10 Å². The number of amides is 1. The molecule has 1 aliphatic rings. The lowest BCUT2D eigenvalue weighted by atomic mass is 9.89. The second-order valence-electron chi connectivity index (χ2n) is 6.20. The lowest BCUT2D eigenvalue weighted by Crippen LogP contribution is -2.41. The van der Waals surface area contributed by atoms with E-state index >= 15 is 0 Å². The minimum atomic E-state index is -0.417. The van der Waals surface area contributed by atoms with Gasteiger partial charge in [0, 0.05) is 23.7 Å². The van der Waals surface area contributed by atoms with E-state index in [4.69, 9.17) is 10.5 Å². The fourth-order valence-electron chi connectivity index (χ4n) is 2.70. The number of aromatic amines is 1. The Hall–Kier alpha value is -2.83. The van der Waals surface area contributed by atoms with Crippen LogP contribution in [0.25, 0.3) is 0 Å². The number of ether oxygens (including phenoxy) is 1. The summed E-state index contributed by atoms with van der Waals surface area (Å²) in [6.45, 7) is 3.92. The Morgan fingerprint density at radius 3 is 2.87 bits per heavy atom. The Bertz CT molecular complexity index is 793. The van der Waals surface area contributed by atoms with Crippen LogP contribution in [0.5, 0.6) is 5.75 Å². The molecule has 1 unspecified atom stereocenters. The first kappa shape index (κ1) is 15.1. The van der Waals surface area contributed by atoms with Crippen LogP contribution in [-0.4, -0.2) is 21.7 Å². The molecule has 1 aromatic carbocycles. The van der Waals surface area contributed by atoms with E-state index in [2.05, 4.69) is 15.5 Å².